The van der Waals surface area contributed by atoms with Crippen LogP contribution in [0.1, 0.15) is 18.9 Å². The molecule has 0 aliphatic carbocycles. The molecular formula is C21H25N9O10P2S2. The second kappa shape index (κ2) is 11.1. The van der Waals surface area contributed by atoms with Crippen LogP contribution in [0.25, 0.3) is 22.2 Å². The van der Waals surface area contributed by atoms with E-state index in [4.69, 9.17) is 39.0 Å². The van der Waals surface area contributed by atoms with Crippen LogP contribution in [0.3, 0.4) is 0 Å². The molecule has 19 nitrogen and oxygen atoms in total. The zero-order valence-electron chi connectivity index (χ0n) is 22.2. The van der Waals surface area contributed by atoms with Crippen molar-refractivity contribution in [2.75, 3.05) is 24.7 Å². The van der Waals surface area contributed by atoms with Crippen molar-refractivity contribution >= 4 is 72.1 Å². The standard InChI is InChI=1S/C21H25N9O10P2S2/c22-15-9-1-2-29(16(9)25-6-24-15)20-13(31)14-11(38-20)5-36-41(33,43)39-10-3-8(4-35-42(34,44)40-14)37-19(10)30-7-26-12-17(30)27-21(23)28-18(12)32/h1-2,6-8,10-11,13-14,19-20,31H,3-5H2,(H,33,43)(H,34,44)(H2,22,24,25)(H3,23,27,28,32)/t8-,10+,11+,13+,14+,19+,20+,41-,42+/m0/s1. The highest BCUT2D eigenvalue weighted by atomic mass is 32.7. The quantitative estimate of drug-likeness (QED) is 0.128. The van der Waals surface area contributed by atoms with Gasteiger partial charge in [0.1, 0.15) is 42.2 Å². The van der Waals surface area contributed by atoms with Crippen molar-refractivity contribution in [3.8, 4) is 0 Å². The molecule has 2 bridgehead atoms. The van der Waals surface area contributed by atoms with Crippen molar-refractivity contribution in [3.05, 3.63) is 35.3 Å². The van der Waals surface area contributed by atoms with Crippen molar-refractivity contribution in [1.82, 2.24) is 34.1 Å². The van der Waals surface area contributed by atoms with Crippen LogP contribution >= 0.6 is 38.1 Å². The van der Waals surface area contributed by atoms with E-state index in [2.05, 4.69) is 49.4 Å². The van der Waals surface area contributed by atoms with Crippen LogP contribution in [0, 0.1) is 0 Å². The van der Waals surface area contributed by atoms with Gasteiger partial charge in [-0.2, -0.15) is 4.98 Å². The van der Waals surface area contributed by atoms with Gasteiger partial charge in [-0.25, -0.2) is 24.1 Å². The second-order valence-electron chi connectivity index (χ2n) is 10.2. The Labute approximate surface area is 256 Å². The smallest absolute Gasteiger partial charge is 0.386 e. The Kier molecular flexibility index (Phi) is 7.57. The molecule has 3 aliphatic rings. The van der Waals surface area contributed by atoms with Crippen LogP contribution in [0.4, 0.5) is 11.8 Å². The lowest BCUT2D eigenvalue weighted by Gasteiger charge is -2.26. The molecule has 3 fully saturated rings. The summed E-state index contributed by atoms with van der Waals surface area (Å²) in [7, 11) is 0. The summed E-state index contributed by atoms with van der Waals surface area (Å²) in [6.45, 7) is -9.13. The molecule has 0 spiro atoms. The number of ether oxygens (including phenoxy) is 2. The lowest BCUT2D eigenvalue weighted by atomic mass is 10.1. The van der Waals surface area contributed by atoms with Gasteiger partial charge in [-0.3, -0.25) is 32.4 Å². The molecule has 3 saturated heterocycles. The maximum atomic E-state index is 13.5. The van der Waals surface area contributed by atoms with E-state index in [0.29, 0.717) is 11.0 Å². The van der Waals surface area contributed by atoms with Crippen molar-refractivity contribution in [2.45, 2.75) is 49.4 Å². The number of fused-ring (bicyclic) bond motifs is 5. The number of hydrogen-bond acceptors (Lipinski definition) is 16. The Morgan fingerprint density at radius 3 is 2.57 bits per heavy atom. The summed E-state index contributed by atoms with van der Waals surface area (Å²) < 4.78 is 64.6. The number of anilines is 2. The van der Waals surface area contributed by atoms with E-state index >= 15 is 0 Å². The van der Waals surface area contributed by atoms with E-state index in [-0.39, 0.29) is 36.0 Å². The minimum absolute atomic E-state index is 0.0172. The monoisotopic (exact) mass is 689 g/mol. The summed E-state index contributed by atoms with van der Waals surface area (Å²) in [5.41, 5.74) is 11.5. The number of aromatic nitrogens is 7. The van der Waals surface area contributed by atoms with Crippen molar-refractivity contribution in [1.29, 1.82) is 0 Å². The Morgan fingerprint density at radius 2 is 1.75 bits per heavy atom. The summed E-state index contributed by atoms with van der Waals surface area (Å²) in [6, 6.07) is 1.64. The largest absolute Gasteiger partial charge is 0.386 e. The minimum Gasteiger partial charge on any atom is -0.386 e. The van der Waals surface area contributed by atoms with Gasteiger partial charge in [0.15, 0.2) is 23.6 Å². The van der Waals surface area contributed by atoms with Gasteiger partial charge in [-0.1, -0.05) is 24.5 Å². The number of H-pyrrole nitrogens is 1. The first kappa shape index (κ1) is 30.1. The highest BCUT2D eigenvalue weighted by molar-refractivity contribution is 8.44. The van der Waals surface area contributed by atoms with Gasteiger partial charge in [0, 0.05) is 12.6 Å². The summed E-state index contributed by atoms with van der Waals surface area (Å²) >= 11 is 8.27. The average Bonchev–Trinajstić information content (AvgIpc) is 3.72. The average molecular weight is 690 g/mol. The Bertz CT molecular complexity index is 1910. The van der Waals surface area contributed by atoms with Crippen molar-refractivity contribution in [2.24, 2.45) is 0 Å². The normalized spacial score (nSPS) is 36.6. The zero-order chi connectivity index (χ0) is 31.0. The highest BCUT2D eigenvalue weighted by Gasteiger charge is 2.51. The number of hydrogen-bond donors (Lipinski definition) is 6. The van der Waals surface area contributed by atoms with E-state index in [0.717, 1.165) is 0 Å². The summed E-state index contributed by atoms with van der Waals surface area (Å²) in [5, 5.41) is 11.8. The van der Waals surface area contributed by atoms with Gasteiger partial charge in [-0.15, -0.1) is 0 Å². The summed E-state index contributed by atoms with van der Waals surface area (Å²) in [5.74, 6) is 0.0585. The first-order chi connectivity index (χ1) is 20.9. The van der Waals surface area contributed by atoms with Crippen molar-refractivity contribution in [3.63, 3.8) is 0 Å². The summed E-state index contributed by atoms with van der Waals surface area (Å²) in [4.78, 5) is 31.1. The van der Waals surface area contributed by atoms with Crippen LogP contribution in [-0.2, 0) is 36.7 Å². The van der Waals surface area contributed by atoms with Gasteiger partial charge < -0.3 is 30.6 Å². The van der Waals surface area contributed by atoms with Gasteiger partial charge in [0.25, 0.3) is 5.56 Å². The van der Waals surface area contributed by atoms with Crippen LogP contribution in [0.15, 0.2) is 29.7 Å². The molecule has 0 aromatic carbocycles. The molecule has 3 aliphatic heterocycles. The van der Waals surface area contributed by atoms with E-state index < -0.39 is 68.7 Å². The fourth-order valence-electron chi connectivity index (χ4n) is 5.43. The predicted octanol–water partition coefficient (Wildman–Crippen LogP) is 1.17. The van der Waals surface area contributed by atoms with Gasteiger partial charge in [-0.05, 0) is 6.07 Å². The molecule has 7 heterocycles. The number of thiol groups is 2. The second-order valence-corrected chi connectivity index (χ2v) is 15.9. The molecule has 6 N–H and O–H groups in total. The molecular weight excluding hydrogens is 664 g/mol. The van der Waals surface area contributed by atoms with Gasteiger partial charge in [0.05, 0.1) is 31.0 Å². The van der Waals surface area contributed by atoms with E-state index in [9.17, 15) is 19.0 Å². The fourth-order valence-corrected chi connectivity index (χ4v) is 8.43. The first-order valence-corrected chi connectivity index (χ1v) is 18.4. The lowest BCUT2D eigenvalue weighted by Crippen LogP contribution is -2.35. The molecule has 0 radical (unpaired) electrons. The van der Waals surface area contributed by atoms with E-state index in [1.54, 1.807) is 12.3 Å². The van der Waals surface area contributed by atoms with Crippen molar-refractivity contribution < 1.29 is 41.8 Å². The first-order valence-electron chi connectivity index (χ1n) is 13.0. The van der Waals surface area contributed by atoms with Crippen LogP contribution in [-0.4, -0.2) is 82.9 Å². The molecule has 9 atom stereocenters. The number of nitrogens with two attached hydrogens (primary N) is 2. The molecule has 44 heavy (non-hydrogen) atoms. The number of nitrogen functional groups attached to an aromatic ring is 2. The number of nitrogens with zero attached hydrogens (tertiary/aromatic N) is 6. The van der Waals surface area contributed by atoms with Crippen LogP contribution < -0.4 is 17.0 Å². The lowest BCUT2D eigenvalue weighted by molar-refractivity contribution is -0.0570. The number of rotatable bonds is 2. The molecule has 236 valence electrons. The number of aromatic amines is 1. The maximum Gasteiger partial charge on any atom is 0.386 e. The zero-order valence-corrected chi connectivity index (χ0v) is 25.8. The van der Waals surface area contributed by atoms with Crippen LogP contribution in [0.5, 0.6) is 0 Å². The van der Waals surface area contributed by atoms with Gasteiger partial charge >= 0.3 is 13.6 Å². The third kappa shape index (κ3) is 5.45. The third-order valence-corrected chi connectivity index (χ3v) is 10.6. The molecule has 23 heteroatoms. The van der Waals surface area contributed by atoms with Gasteiger partial charge in [0.2, 0.25) is 5.95 Å². The number of aliphatic hydroxyl groups is 1. The van der Waals surface area contributed by atoms with E-state index in [1.807, 2.05) is 0 Å². The number of nitrogens with one attached hydrogen (secondary N) is 1. The summed E-state index contributed by atoms with van der Waals surface area (Å²) in [6.07, 6.45) is -3.71. The molecule has 7 rings (SSSR count). The molecule has 0 unspecified atom stereocenters. The Balaban J connectivity index is 1.19. The highest BCUT2D eigenvalue weighted by Crippen LogP contribution is 2.60. The predicted molar refractivity (Wildman–Crippen MR) is 158 cm³/mol. The van der Waals surface area contributed by atoms with Crippen LogP contribution in [0.2, 0.25) is 0 Å². The fraction of sp³-hybridized carbons (Fsp3) is 0.476. The minimum atomic E-state index is -4.17. The molecule has 0 saturated carbocycles. The number of aliphatic hydroxyl groups excluding tert-OH is 1. The number of imidazole rings is 1. The molecule has 0 amide bonds. The Hall–Kier alpha value is -2.55. The maximum absolute atomic E-state index is 13.5. The SMILES string of the molecule is Nc1nc2c(ncn2[C@@H]2O[C@@H]3CO[P@@](=O)(S)O[C@H]4[C@@H](O)[C@H](n5ccc6c(N)ncnc65)O[C@@H]4CO[P@](=O)(S)O[C@@H]2C3)c(=O)[nH]1. The third-order valence-electron chi connectivity index (χ3n) is 7.34. The topological polar surface area (TPSA) is 256 Å². The molecule has 4 aromatic rings. The molecule has 4 aromatic heterocycles. The Morgan fingerprint density at radius 1 is 0.977 bits per heavy atom. The van der Waals surface area contributed by atoms with E-state index in [1.165, 1.54) is 21.8 Å².